The molecule has 0 fully saturated rings. The van der Waals surface area contributed by atoms with Crippen LogP contribution < -0.4 is 5.32 Å². The molecule has 0 heterocycles. The minimum atomic E-state index is -0.665. The quantitative estimate of drug-likeness (QED) is 0.569. The van der Waals surface area contributed by atoms with E-state index in [9.17, 15) is 9.59 Å². The first-order valence-electron chi connectivity index (χ1n) is 7.60. The molecule has 1 N–H and O–H groups in total. The second kappa shape index (κ2) is 9.28. The van der Waals surface area contributed by atoms with Crippen molar-refractivity contribution < 1.29 is 19.1 Å². The normalized spacial score (nSPS) is 13.4. The number of ether oxygens (including phenoxy) is 2. The Morgan fingerprint density at radius 2 is 1.68 bits per heavy atom. The fraction of sp³-hybridized carbons (Fsp3) is 0.875. The molecule has 0 radical (unpaired) electrons. The molecule has 0 aliphatic rings. The summed E-state index contributed by atoms with van der Waals surface area (Å²) >= 11 is 1.78. The minimum Gasteiger partial charge on any atom is -0.467 e. The maximum Gasteiger partial charge on any atom is 0.408 e. The van der Waals surface area contributed by atoms with Crippen LogP contribution in [0.5, 0.6) is 0 Å². The number of hydrogen-bond acceptors (Lipinski definition) is 5. The summed E-state index contributed by atoms with van der Waals surface area (Å²) < 4.78 is 9.91. The molecule has 0 aromatic heterocycles. The fourth-order valence-corrected chi connectivity index (χ4v) is 2.89. The van der Waals surface area contributed by atoms with Gasteiger partial charge in [-0.1, -0.05) is 20.8 Å². The monoisotopic (exact) mass is 333 g/mol. The van der Waals surface area contributed by atoms with Gasteiger partial charge in [-0.05, 0) is 50.5 Å². The van der Waals surface area contributed by atoms with Crippen molar-refractivity contribution in [2.45, 2.75) is 66.0 Å². The number of thioether (sulfide) groups is 1. The summed E-state index contributed by atoms with van der Waals surface area (Å²) in [5, 5.41) is 2.58. The number of alkyl carbamates (subject to hydrolysis) is 1. The predicted molar refractivity (Wildman–Crippen MR) is 91.2 cm³/mol. The van der Waals surface area contributed by atoms with E-state index in [1.165, 1.54) is 7.11 Å². The molecule has 0 saturated heterocycles. The van der Waals surface area contributed by atoms with Gasteiger partial charge in [-0.15, -0.1) is 0 Å². The van der Waals surface area contributed by atoms with Gasteiger partial charge < -0.3 is 14.8 Å². The van der Waals surface area contributed by atoms with Crippen LogP contribution in [-0.2, 0) is 14.3 Å². The molecule has 0 aliphatic carbocycles. The van der Waals surface area contributed by atoms with Crippen molar-refractivity contribution in [3.8, 4) is 0 Å². The van der Waals surface area contributed by atoms with E-state index in [0.717, 1.165) is 17.9 Å². The lowest BCUT2D eigenvalue weighted by Gasteiger charge is -2.22. The van der Waals surface area contributed by atoms with E-state index in [1.54, 1.807) is 32.5 Å². The maximum atomic E-state index is 11.8. The van der Waals surface area contributed by atoms with E-state index in [0.29, 0.717) is 11.8 Å². The molecular weight excluding hydrogens is 302 g/mol. The first-order chi connectivity index (χ1) is 9.94. The van der Waals surface area contributed by atoms with Gasteiger partial charge in [0.1, 0.15) is 11.6 Å². The molecule has 1 amide bonds. The highest BCUT2D eigenvalue weighted by Crippen LogP contribution is 2.21. The highest BCUT2D eigenvalue weighted by molar-refractivity contribution is 7.99. The summed E-state index contributed by atoms with van der Waals surface area (Å²) in [7, 11) is 1.32. The first kappa shape index (κ1) is 21.1. The Kier molecular flexibility index (Phi) is 8.89. The molecule has 5 nitrogen and oxygen atoms in total. The van der Waals surface area contributed by atoms with E-state index in [1.807, 2.05) is 0 Å². The molecule has 0 aliphatic heterocycles. The Balaban J connectivity index is 4.25. The van der Waals surface area contributed by atoms with Gasteiger partial charge in [0.2, 0.25) is 0 Å². The van der Waals surface area contributed by atoms with Crippen molar-refractivity contribution in [3.05, 3.63) is 0 Å². The van der Waals surface area contributed by atoms with Crippen LogP contribution in [0.1, 0.15) is 54.4 Å². The van der Waals surface area contributed by atoms with Gasteiger partial charge in [0.05, 0.1) is 7.11 Å². The summed E-state index contributed by atoms with van der Waals surface area (Å²) in [4.78, 5) is 23.5. The number of esters is 1. The number of rotatable bonds is 7. The van der Waals surface area contributed by atoms with E-state index in [-0.39, 0.29) is 0 Å². The lowest BCUT2D eigenvalue weighted by molar-refractivity contribution is -0.143. The molecule has 130 valence electrons. The Morgan fingerprint density at radius 1 is 1.09 bits per heavy atom. The van der Waals surface area contributed by atoms with Gasteiger partial charge in [-0.25, -0.2) is 9.59 Å². The largest absolute Gasteiger partial charge is 0.467 e. The van der Waals surface area contributed by atoms with Gasteiger partial charge >= 0.3 is 12.1 Å². The topological polar surface area (TPSA) is 64.6 Å². The molecule has 0 unspecified atom stereocenters. The van der Waals surface area contributed by atoms with E-state index < -0.39 is 23.7 Å². The van der Waals surface area contributed by atoms with Crippen molar-refractivity contribution in [3.63, 3.8) is 0 Å². The van der Waals surface area contributed by atoms with Crippen LogP contribution in [0.2, 0.25) is 0 Å². The van der Waals surface area contributed by atoms with Crippen molar-refractivity contribution in [2.75, 3.05) is 18.6 Å². The summed E-state index contributed by atoms with van der Waals surface area (Å²) in [5.74, 6) is 1.37. The lowest BCUT2D eigenvalue weighted by Crippen LogP contribution is -2.44. The number of carbonyl (C=O) groups excluding carboxylic acids is 2. The third-order valence-corrected chi connectivity index (χ3v) is 3.74. The van der Waals surface area contributed by atoms with Crippen LogP contribution in [0.15, 0.2) is 0 Å². The van der Waals surface area contributed by atoms with Crippen molar-refractivity contribution in [1.82, 2.24) is 5.32 Å². The van der Waals surface area contributed by atoms with Gasteiger partial charge in [0.25, 0.3) is 0 Å². The van der Waals surface area contributed by atoms with Gasteiger partial charge in [0.15, 0.2) is 0 Å². The lowest BCUT2D eigenvalue weighted by atomic mass is 9.94. The molecule has 0 aromatic rings. The third kappa shape index (κ3) is 11.7. The first-order valence-corrected chi connectivity index (χ1v) is 8.75. The van der Waals surface area contributed by atoms with Crippen LogP contribution in [0.25, 0.3) is 0 Å². The summed E-state index contributed by atoms with van der Waals surface area (Å²) in [6.07, 6.45) is 1.04. The molecule has 0 aromatic carbocycles. The van der Waals surface area contributed by atoms with Crippen LogP contribution in [0, 0.1) is 5.41 Å². The highest BCUT2D eigenvalue weighted by Gasteiger charge is 2.24. The Hall–Kier alpha value is -0.910. The van der Waals surface area contributed by atoms with Gasteiger partial charge in [-0.3, -0.25) is 0 Å². The van der Waals surface area contributed by atoms with Crippen LogP contribution in [-0.4, -0.2) is 42.3 Å². The Labute approximate surface area is 138 Å². The van der Waals surface area contributed by atoms with E-state index in [2.05, 4.69) is 26.1 Å². The smallest absolute Gasteiger partial charge is 0.408 e. The molecule has 0 spiro atoms. The van der Waals surface area contributed by atoms with Crippen molar-refractivity contribution >= 4 is 23.8 Å². The average Bonchev–Trinajstić information content (AvgIpc) is 2.32. The van der Waals surface area contributed by atoms with E-state index >= 15 is 0 Å². The standard InChI is InChI=1S/C16H31NO4S/c1-15(2,3)9-11-22-10-8-12(13(18)20-7)17-14(19)21-16(4,5)6/h12H,8-11H2,1-7H3,(H,17,19)/t12-/m0/s1. The van der Waals surface area contributed by atoms with Gasteiger partial charge in [0, 0.05) is 0 Å². The van der Waals surface area contributed by atoms with Gasteiger partial charge in [-0.2, -0.15) is 11.8 Å². The maximum absolute atomic E-state index is 11.8. The Morgan fingerprint density at radius 3 is 2.14 bits per heavy atom. The number of nitrogens with one attached hydrogen (secondary N) is 1. The van der Waals surface area contributed by atoms with Crippen LogP contribution in [0.3, 0.4) is 0 Å². The van der Waals surface area contributed by atoms with E-state index in [4.69, 9.17) is 9.47 Å². The zero-order chi connectivity index (χ0) is 17.4. The highest BCUT2D eigenvalue weighted by atomic mass is 32.2. The SMILES string of the molecule is COC(=O)[C@H](CCSCCC(C)(C)C)NC(=O)OC(C)(C)C. The molecule has 0 bridgehead atoms. The summed E-state index contributed by atoms with van der Waals surface area (Å²) in [6.45, 7) is 11.9. The molecular formula is C16H31NO4S. The van der Waals surface area contributed by atoms with Crippen molar-refractivity contribution in [2.24, 2.45) is 5.41 Å². The molecule has 6 heteroatoms. The Bertz CT molecular complexity index is 358. The minimum absolute atomic E-state index is 0.309. The number of amides is 1. The zero-order valence-electron chi connectivity index (χ0n) is 14.9. The number of methoxy groups -OCH3 is 1. The summed E-state index contributed by atoms with van der Waals surface area (Å²) in [6, 6.07) is -0.665. The second-order valence-corrected chi connectivity index (χ2v) is 8.66. The van der Waals surface area contributed by atoms with Crippen molar-refractivity contribution in [1.29, 1.82) is 0 Å². The third-order valence-electron chi connectivity index (χ3n) is 2.72. The summed E-state index contributed by atoms with van der Waals surface area (Å²) in [5.41, 5.74) is -0.282. The number of hydrogen-bond donors (Lipinski definition) is 1. The molecule has 1 atom stereocenters. The number of carbonyl (C=O) groups is 2. The molecule has 0 rings (SSSR count). The predicted octanol–water partition coefficient (Wildman–Crippen LogP) is 3.61. The average molecular weight is 333 g/mol. The van der Waals surface area contributed by atoms with Crippen LogP contribution in [0.4, 0.5) is 4.79 Å². The molecule has 0 saturated carbocycles. The zero-order valence-corrected chi connectivity index (χ0v) is 15.8. The second-order valence-electron chi connectivity index (χ2n) is 7.43. The fourth-order valence-electron chi connectivity index (χ4n) is 1.52. The molecule has 22 heavy (non-hydrogen) atoms. The van der Waals surface area contributed by atoms with Crippen LogP contribution >= 0.6 is 11.8 Å².